The SMILES string of the molecule is O=C(O)C(Nc1ccc(Cl)c(Br)c1)C1CCSC1. The van der Waals surface area contributed by atoms with Crippen LogP contribution >= 0.6 is 39.3 Å². The second-order valence-electron chi connectivity index (χ2n) is 4.21. The number of thioether (sulfide) groups is 1. The summed E-state index contributed by atoms with van der Waals surface area (Å²) in [4.78, 5) is 11.3. The van der Waals surface area contributed by atoms with Crippen LogP contribution in [0.4, 0.5) is 5.69 Å². The lowest BCUT2D eigenvalue weighted by Crippen LogP contribution is -2.37. The molecule has 0 aromatic heterocycles. The number of carboxylic acid groups (broad SMARTS) is 1. The van der Waals surface area contributed by atoms with E-state index >= 15 is 0 Å². The van der Waals surface area contributed by atoms with E-state index in [2.05, 4.69) is 21.2 Å². The zero-order valence-electron chi connectivity index (χ0n) is 9.53. The predicted molar refractivity (Wildman–Crippen MR) is 79.6 cm³/mol. The molecule has 0 spiro atoms. The van der Waals surface area contributed by atoms with Crippen LogP contribution in [0.15, 0.2) is 22.7 Å². The molecule has 6 heteroatoms. The Labute approximate surface area is 123 Å². The molecular weight excluding hydrogens is 338 g/mol. The summed E-state index contributed by atoms with van der Waals surface area (Å²) in [6, 6.07) is 4.81. The van der Waals surface area contributed by atoms with Gasteiger partial charge in [0.25, 0.3) is 0 Å². The van der Waals surface area contributed by atoms with Crippen LogP contribution in [0, 0.1) is 5.92 Å². The molecule has 1 aliphatic rings. The van der Waals surface area contributed by atoms with E-state index in [0.717, 1.165) is 28.1 Å². The summed E-state index contributed by atoms with van der Waals surface area (Å²) in [5.41, 5.74) is 0.774. The van der Waals surface area contributed by atoms with Crippen LogP contribution in [0.1, 0.15) is 6.42 Å². The zero-order valence-corrected chi connectivity index (χ0v) is 12.7. The maximum atomic E-state index is 11.3. The second-order valence-corrected chi connectivity index (χ2v) is 6.62. The first kappa shape index (κ1) is 14.0. The highest BCUT2D eigenvalue weighted by atomic mass is 79.9. The molecule has 2 unspecified atom stereocenters. The van der Waals surface area contributed by atoms with E-state index in [4.69, 9.17) is 11.6 Å². The number of carbonyl (C=O) groups is 1. The van der Waals surface area contributed by atoms with Crippen molar-refractivity contribution in [2.24, 2.45) is 5.92 Å². The largest absolute Gasteiger partial charge is 0.480 e. The Hall–Kier alpha value is -0.390. The Bertz CT molecular complexity index is 452. The normalized spacial score (nSPS) is 20.7. The summed E-state index contributed by atoms with van der Waals surface area (Å²) in [6.07, 6.45) is 0.948. The number of carboxylic acids is 1. The van der Waals surface area contributed by atoms with Crippen molar-refractivity contribution in [2.45, 2.75) is 12.5 Å². The first-order valence-electron chi connectivity index (χ1n) is 5.60. The van der Waals surface area contributed by atoms with Gasteiger partial charge in [-0.3, -0.25) is 0 Å². The van der Waals surface area contributed by atoms with Gasteiger partial charge in [-0.1, -0.05) is 11.6 Å². The van der Waals surface area contributed by atoms with E-state index in [-0.39, 0.29) is 5.92 Å². The maximum absolute atomic E-state index is 11.3. The molecule has 0 bridgehead atoms. The molecule has 2 atom stereocenters. The summed E-state index contributed by atoms with van der Waals surface area (Å²) in [6.45, 7) is 0. The van der Waals surface area contributed by atoms with Gasteiger partial charge in [-0.05, 0) is 58.0 Å². The quantitative estimate of drug-likeness (QED) is 0.869. The van der Waals surface area contributed by atoms with E-state index < -0.39 is 12.0 Å². The van der Waals surface area contributed by atoms with Crippen molar-refractivity contribution in [3.8, 4) is 0 Å². The van der Waals surface area contributed by atoms with Crippen molar-refractivity contribution in [3.05, 3.63) is 27.7 Å². The van der Waals surface area contributed by atoms with Crippen molar-refractivity contribution < 1.29 is 9.90 Å². The Kier molecular flexibility index (Phi) is 4.81. The number of benzene rings is 1. The van der Waals surface area contributed by atoms with Crippen molar-refractivity contribution in [3.63, 3.8) is 0 Å². The van der Waals surface area contributed by atoms with Crippen molar-refractivity contribution in [1.29, 1.82) is 0 Å². The van der Waals surface area contributed by atoms with Crippen molar-refractivity contribution >= 4 is 50.9 Å². The average Bonchev–Trinajstić information content (AvgIpc) is 2.83. The minimum atomic E-state index is -0.798. The highest BCUT2D eigenvalue weighted by Gasteiger charge is 2.30. The van der Waals surface area contributed by atoms with Crippen LogP contribution in [0.3, 0.4) is 0 Å². The molecule has 1 aliphatic heterocycles. The van der Waals surface area contributed by atoms with E-state index in [1.54, 1.807) is 18.2 Å². The molecule has 1 aromatic rings. The monoisotopic (exact) mass is 349 g/mol. The van der Waals surface area contributed by atoms with Gasteiger partial charge >= 0.3 is 5.97 Å². The first-order chi connectivity index (χ1) is 8.58. The lowest BCUT2D eigenvalue weighted by atomic mass is 9.99. The summed E-state index contributed by atoms with van der Waals surface area (Å²) >= 11 is 11.1. The van der Waals surface area contributed by atoms with Gasteiger partial charge in [0.05, 0.1) is 5.02 Å². The molecule has 1 fully saturated rings. The highest BCUT2D eigenvalue weighted by molar-refractivity contribution is 9.10. The Morgan fingerprint density at radius 3 is 2.94 bits per heavy atom. The molecule has 2 N–H and O–H groups in total. The van der Waals surface area contributed by atoms with Gasteiger partial charge in [0.2, 0.25) is 0 Å². The smallest absolute Gasteiger partial charge is 0.326 e. The molecule has 1 heterocycles. The molecule has 3 nitrogen and oxygen atoms in total. The zero-order chi connectivity index (χ0) is 13.1. The Morgan fingerprint density at radius 1 is 1.61 bits per heavy atom. The molecule has 0 saturated carbocycles. The third-order valence-corrected chi connectivity index (χ3v) is 5.35. The van der Waals surface area contributed by atoms with Crippen LogP contribution in [0.2, 0.25) is 5.02 Å². The fourth-order valence-corrected chi connectivity index (χ4v) is 3.76. The van der Waals surface area contributed by atoms with Crippen molar-refractivity contribution in [1.82, 2.24) is 0 Å². The number of rotatable bonds is 4. The summed E-state index contributed by atoms with van der Waals surface area (Å²) in [5.74, 6) is 1.33. The average molecular weight is 351 g/mol. The summed E-state index contributed by atoms with van der Waals surface area (Å²) in [5, 5.41) is 13.0. The second kappa shape index (κ2) is 6.17. The van der Waals surface area contributed by atoms with Crippen LogP contribution in [-0.2, 0) is 4.79 Å². The first-order valence-corrected chi connectivity index (χ1v) is 7.92. The Morgan fingerprint density at radius 2 is 2.39 bits per heavy atom. The lowest BCUT2D eigenvalue weighted by Gasteiger charge is -2.21. The molecule has 0 aliphatic carbocycles. The van der Waals surface area contributed by atoms with Gasteiger partial charge in [-0.15, -0.1) is 0 Å². The minimum absolute atomic E-state index is 0.182. The van der Waals surface area contributed by atoms with Crippen LogP contribution < -0.4 is 5.32 Å². The lowest BCUT2D eigenvalue weighted by molar-refractivity contribution is -0.138. The van der Waals surface area contributed by atoms with Gasteiger partial charge in [0.15, 0.2) is 0 Å². The van der Waals surface area contributed by atoms with E-state index in [9.17, 15) is 9.90 Å². The van der Waals surface area contributed by atoms with Crippen molar-refractivity contribution in [2.75, 3.05) is 16.8 Å². The number of hydrogen-bond acceptors (Lipinski definition) is 3. The standard InChI is InChI=1S/C12H13BrClNO2S/c13-9-5-8(1-2-10(9)14)15-11(12(16)17)7-3-4-18-6-7/h1-2,5,7,11,15H,3-4,6H2,(H,16,17). The van der Waals surface area contributed by atoms with Gasteiger partial charge < -0.3 is 10.4 Å². The predicted octanol–water partition coefficient (Wildman–Crippen LogP) is 3.72. The van der Waals surface area contributed by atoms with E-state index in [1.807, 2.05) is 11.8 Å². The molecule has 0 radical (unpaired) electrons. The summed E-state index contributed by atoms with van der Waals surface area (Å²) < 4.78 is 0.763. The summed E-state index contributed by atoms with van der Waals surface area (Å²) in [7, 11) is 0. The maximum Gasteiger partial charge on any atom is 0.326 e. The number of nitrogens with one attached hydrogen (secondary N) is 1. The molecule has 98 valence electrons. The number of halogens is 2. The van der Waals surface area contributed by atoms with Crippen LogP contribution in [0.5, 0.6) is 0 Å². The van der Waals surface area contributed by atoms with Gasteiger partial charge in [0, 0.05) is 10.2 Å². The fourth-order valence-electron chi connectivity index (χ4n) is 1.96. The molecular formula is C12H13BrClNO2S. The van der Waals surface area contributed by atoms with E-state index in [1.165, 1.54) is 0 Å². The molecule has 1 aromatic carbocycles. The van der Waals surface area contributed by atoms with E-state index in [0.29, 0.717) is 5.02 Å². The topological polar surface area (TPSA) is 49.3 Å². The number of anilines is 1. The number of hydrogen-bond donors (Lipinski definition) is 2. The Balaban J connectivity index is 2.12. The molecule has 1 saturated heterocycles. The molecule has 18 heavy (non-hydrogen) atoms. The van der Waals surface area contributed by atoms with Crippen LogP contribution in [-0.4, -0.2) is 28.6 Å². The third-order valence-electron chi connectivity index (χ3n) is 2.94. The van der Waals surface area contributed by atoms with Gasteiger partial charge in [-0.25, -0.2) is 4.79 Å². The minimum Gasteiger partial charge on any atom is -0.480 e. The third kappa shape index (κ3) is 3.33. The number of aliphatic carboxylic acids is 1. The fraction of sp³-hybridized carbons (Fsp3) is 0.417. The van der Waals surface area contributed by atoms with Crippen LogP contribution in [0.25, 0.3) is 0 Å². The van der Waals surface area contributed by atoms with Gasteiger partial charge in [-0.2, -0.15) is 11.8 Å². The molecule has 2 rings (SSSR count). The highest BCUT2D eigenvalue weighted by Crippen LogP contribution is 2.30. The van der Waals surface area contributed by atoms with Gasteiger partial charge in [0.1, 0.15) is 6.04 Å². The molecule has 0 amide bonds.